The molecule has 0 aromatic heterocycles. The van der Waals surface area contributed by atoms with E-state index >= 15 is 0 Å². The number of hydrogen-bond acceptors (Lipinski definition) is 3. The van der Waals surface area contributed by atoms with Crippen LogP contribution in [0.1, 0.15) is 12.0 Å². The summed E-state index contributed by atoms with van der Waals surface area (Å²) >= 11 is 0. The summed E-state index contributed by atoms with van der Waals surface area (Å²) in [5.74, 6) is -0.375. The smallest absolute Gasteiger partial charge is 0.235 e. The number of nitrogens with zero attached hydrogens (tertiary/aromatic N) is 1. The standard InChI is InChI=1S/C23H20BNO3/c24-19-10-7-17(8-11-19)6-9-18-16-28-23(14-12-21(26)13-15-23)25(22(18)27)20-4-2-1-3-5-20/h1-5,7-8,10-15,18H,6,9,16H2. The largest absolute Gasteiger partial charge is 0.347 e. The van der Waals surface area contributed by atoms with Gasteiger partial charge in [-0.1, -0.05) is 47.9 Å². The van der Waals surface area contributed by atoms with Crippen LogP contribution in [0.3, 0.4) is 0 Å². The van der Waals surface area contributed by atoms with Crippen LogP contribution < -0.4 is 10.4 Å². The molecule has 1 spiro atoms. The molecule has 5 heteroatoms. The summed E-state index contributed by atoms with van der Waals surface area (Å²) in [5, 5.41) is 0. The van der Waals surface area contributed by atoms with Gasteiger partial charge in [0.05, 0.1) is 12.5 Å². The zero-order valence-electron chi connectivity index (χ0n) is 15.5. The number of ether oxygens (including phenoxy) is 1. The molecule has 138 valence electrons. The molecule has 4 rings (SSSR count). The summed E-state index contributed by atoms with van der Waals surface area (Å²) < 4.78 is 6.17. The van der Waals surface area contributed by atoms with E-state index < -0.39 is 5.72 Å². The Morgan fingerprint density at radius 1 is 1.00 bits per heavy atom. The van der Waals surface area contributed by atoms with Gasteiger partial charge in [-0.15, -0.1) is 0 Å². The first-order valence-corrected chi connectivity index (χ1v) is 9.37. The number of ketones is 1. The normalized spacial score (nSPS) is 20.7. The van der Waals surface area contributed by atoms with Gasteiger partial charge in [-0.3, -0.25) is 14.5 Å². The lowest BCUT2D eigenvalue weighted by atomic mass is 9.91. The molecule has 1 aliphatic carbocycles. The Morgan fingerprint density at radius 2 is 1.68 bits per heavy atom. The second-order valence-electron chi connectivity index (χ2n) is 7.12. The van der Waals surface area contributed by atoms with Crippen molar-refractivity contribution in [2.24, 2.45) is 5.92 Å². The minimum atomic E-state index is -1.05. The van der Waals surface area contributed by atoms with E-state index in [9.17, 15) is 9.59 Å². The molecule has 1 saturated heterocycles. The zero-order chi connectivity index (χ0) is 19.6. The Kier molecular flexibility index (Phi) is 5.01. The van der Waals surface area contributed by atoms with Gasteiger partial charge in [-0.25, -0.2) is 0 Å². The van der Waals surface area contributed by atoms with E-state index in [1.807, 2.05) is 54.6 Å². The number of aryl methyl sites for hydroxylation is 1. The van der Waals surface area contributed by atoms with E-state index in [1.165, 1.54) is 12.2 Å². The molecular formula is C23H20BNO3. The summed E-state index contributed by atoms with van der Waals surface area (Å²) in [6, 6.07) is 17.1. The molecule has 0 saturated carbocycles. The van der Waals surface area contributed by atoms with E-state index in [4.69, 9.17) is 12.6 Å². The minimum absolute atomic E-state index is 0.00320. The maximum atomic E-state index is 13.4. The number of hydrogen-bond donors (Lipinski definition) is 0. The zero-order valence-corrected chi connectivity index (χ0v) is 15.5. The number of allylic oxidation sites excluding steroid dienone is 2. The van der Waals surface area contributed by atoms with Crippen molar-refractivity contribution in [3.63, 3.8) is 0 Å². The number of rotatable bonds is 4. The lowest BCUT2D eigenvalue weighted by Gasteiger charge is -2.46. The SMILES string of the molecule is [B]c1ccc(CCC2COC3(C=CC(=O)C=C3)N(c3ccccc3)C2=O)cc1. The van der Waals surface area contributed by atoms with Crippen molar-refractivity contribution in [1.82, 2.24) is 0 Å². The Bertz CT molecular complexity index is 918. The fourth-order valence-corrected chi connectivity index (χ4v) is 3.62. The average Bonchev–Trinajstić information content (AvgIpc) is 2.72. The van der Waals surface area contributed by atoms with Crippen molar-refractivity contribution >= 4 is 30.7 Å². The van der Waals surface area contributed by atoms with Crippen molar-refractivity contribution in [3.8, 4) is 0 Å². The highest BCUT2D eigenvalue weighted by Gasteiger charge is 2.46. The van der Waals surface area contributed by atoms with Crippen LogP contribution in [0.4, 0.5) is 5.69 Å². The number of anilines is 1. The van der Waals surface area contributed by atoms with Crippen molar-refractivity contribution < 1.29 is 14.3 Å². The van der Waals surface area contributed by atoms with Gasteiger partial charge in [0.15, 0.2) is 11.5 Å². The summed E-state index contributed by atoms with van der Waals surface area (Å²) in [6.07, 6.45) is 7.68. The second-order valence-corrected chi connectivity index (χ2v) is 7.12. The maximum Gasteiger partial charge on any atom is 0.235 e. The van der Waals surface area contributed by atoms with E-state index in [0.29, 0.717) is 13.0 Å². The van der Waals surface area contributed by atoms with Crippen LogP contribution in [0.2, 0.25) is 0 Å². The van der Waals surface area contributed by atoms with Crippen LogP contribution in [0.5, 0.6) is 0 Å². The molecular weight excluding hydrogens is 349 g/mol. The molecule has 2 aromatic rings. The van der Waals surface area contributed by atoms with Gasteiger partial charge in [-0.2, -0.15) is 0 Å². The van der Waals surface area contributed by atoms with Gasteiger partial charge in [0, 0.05) is 5.69 Å². The first kappa shape index (κ1) is 18.4. The fourth-order valence-electron chi connectivity index (χ4n) is 3.62. The Hall–Kier alpha value is -2.92. The van der Waals surface area contributed by atoms with Gasteiger partial charge >= 0.3 is 0 Å². The van der Waals surface area contributed by atoms with E-state index in [-0.39, 0.29) is 17.6 Å². The first-order valence-electron chi connectivity index (χ1n) is 9.37. The van der Waals surface area contributed by atoms with E-state index in [2.05, 4.69) is 0 Å². The summed E-state index contributed by atoms with van der Waals surface area (Å²) in [7, 11) is 5.74. The first-order chi connectivity index (χ1) is 13.6. The van der Waals surface area contributed by atoms with E-state index in [1.54, 1.807) is 17.1 Å². The molecule has 2 radical (unpaired) electrons. The molecule has 1 fully saturated rings. The van der Waals surface area contributed by atoms with Crippen LogP contribution in [-0.4, -0.2) is 31.9 Å². The van der Waals surface area contributed by atoms with Crippen LogP contribution in [0, 0.1) is 5.92 Å². The highest BCUT2D eigenvalue weighted by Crippen LogP contribution is 2.36. The molecule has 0 bridgehead atoms. The summed E-state index contributed by atoms with van der Waals surface area (Å²) in [5.41, 5.74) is 1.55. The van der Waals surface area contributed by atoms with Crippen molar-refractivity contribution in [2.45, 2.75) is 18.6 Å². The molecule has 1 heterocycles. The highest BCUT2D eigenvalue weighted by atomic mass is 16.5. The molecule has 4 nitrogen and oxygen atoms in total. The van der Waals surface area contributed by atoms with Crippen LogP contribution in [0.15, 0.2) is 78.9 Å². The highest BCUT2D eigenvalue weighted by molar-refractivity contribution is 6.32. The number of amides is 1. The van der Waals surface area contributed by atoms with Gasteiger partial charge in [0.25, 0.3) is 0 Å². The topological polar surface area (TPSA) is 46.6 Å². The maximum absolute atomic E-state index is 13.4. The fraction of sp³-hybridized carbons (Fsp3) is 0.217. The van der Waals surface area contributed by atoms with Crippen molar-refractivity contribution in [2.75, 3.05) is 11.5 Å². The number of carbonyl (C=O) groups excluding carboxylic acids is 2. The predicted molar refractivity (Wildman–Crippen MR) is 110 cm³/mol. The Morgan fingerprint density at radius 3 is 2.36 bits per heavy atom. The Balaban J connectivity index is 1.59. The van der Waals surface area contributed by atoms with Gasteiger partial charge in [0.2, 0.25) is 5.91 Å². The quantitative estimate of drug-likeness (QED) is 0.778. The third-order valence-electron chi connectivity index (χ3n) is 5.18. The number of carbonyl (C=O) groups is 2. The summed E-state index contributed by atoms with van der Waals surface area (Å²) in [4.78, 5) is 26.7. The molecule has 0 N–H and O–H groups in total. The minimum Gasteiger partial charge on any atom is -0.347 e. The molecule has 28 heavy (non-hydrogen) atoms. The lowest BCUT2D eigenvalue weighted by molar-refractivity contribution is -0.138. The molecule has 1 aliphatic heterocycles. The second kappa shape index (κ2) is 7.60. The molecule has 2 aliphatic rings. The molecule has 2 aromatic carbocycles. The van der Waals surface area contributed by atoms with Crippen LogP contribution in [-0.2, 0) is 20.7 Å². The van der Waals surface area contributed by atoms with Crippen molar-refractivity contribution in [1.29, 1.82) is 0 Å². The van der Waals surface area contributed by atoms with Gasteiger partial charge < -0.3 is 4.74 Å². The van der Waals surface area contributed by atoms with Crippen molar-refractivity contribution in [3.05, 3.63) is 84.5 Å². The van der Waals surface area contributed by atoms with Crippen LogP contribution >= 0.6 is 0 Å². The Labute approximate surface area is 165 Å². The predicted octanol–water partition coefficient (Wildman–Crippen LogP) is 2.48. The number of benzene rings is 2. The lowest BCUT2D eigenvalue weighted by Crippen LogP contribution is -2.59. The molecule has 1 atom stereocenters. The molecule has 1 amide bonds. The summed E-state index contributed by atoms with van der Waals surface area (Å²) in [6.45, 7) is 0.306. The molecule has 1 unspecified atom stereocenters. The third kappa shape index (κ3) is 3.58. The average molecular weight is 369 g/mol. The van der Waals surface area contributed by atoms with E-state index in [0.717, 1.165) is 23.1 Å². The monoisotopic (exact) mass is 369 g/mol. The number of para-hydroxylation sites is 1. The van der Waals surface area contributed by atoms with Gasteiger partial charge in [0.1, 0.15) is 7.85 Å². The van der Waals surface area contributed by atoms with Crippen LogP contribution in [0.25, 0.3) is 0 Å². The van der Waals surface area contributed by atoms with Gasteiger partial charge in [-0.05, 0) is 54.8 Å². The third-order valence-corrected chi connectivity index (χ3v) is 5.18.